The zero-order valence-electron chi connectivity index (χ0n) is 22.0. The lowest BCUT2D eigenvalue weighted by Crippen LogP contribution is -2.32. The van der Waals surface area contributed by atoms with Gasteiger partial charge < -0.3 is 25.0 Å². The van der Waals surface area contributed by atoms with Crippen LogP contribution in [0, 0.1) is 12.8 Å². The van der Waals surface area contributed by atoms with Gasteiger partial charge >= 0.3 is 0 Å². The number of rotatable bonds is 10. The molecule has 1 aliphatic heterocycles. The highest BCUT2D eigenvalue weighted by Crippen LogP contribution is 2.27. The molecule has 38 heavy (non-hydrogen) atoms. The molecule has 8 heteroatoms. The van der Waals surface area contributed by atoms with E-state index < -0.39 is 5.92 Å². The monoisotopic (exact) mass is 515 g/mol. The first kappa shape index (κ1) is 26.7. The molecular formula is C30H33N3O5. The van der Waals surface area contributed by atoms with Crippen LogP contribution in [0.2, 0.25) is 0 Å². The normalized spacial score (nSPS) is 14.8. The number of hydrogen-bond acceptors (Lipinski definition) is 5. The Morgan fingerprint density at radius 3 is 2.47 bits per heavy atom. The molecule has 198 valence electrons. The van der Waals surface area contributed by atoms with Crippen LogP contribution in [-0.2, 0) is 27.3 Å². The molecule has 2 N–H and O–H groups in total. The highest BCUT2D eigenvalue weighted by molar-refractivity contribution is 6.00. The maximum atomic E-state index is 12.7. The van der Waals surface area contributed by atoms with Gasteiger partial charge in [-0.05, 0) is 54.8 Å². The molecule has 0 unspecified atom stereocenters. The second-order valence-corrected chi connectivity index (χ2v) is 9.23. The number of amides is 3. The molecular weight excluding hydrogens is 482 g/mol. The van der Waals surface area contributed by atoms with Crippen molar-refractivity contribution >= 4 is 29.1 Å². The number of ether oxygens (including phenoxy) is 2. The second-order valence-electron chi connectivity index (χ2n) is 9.23. The number of benzene rings is 3. The van der Waals surface area contributed by atoms with Crippen LogP contribution in [0.1, 0.15) is 30.0 Å². The van der Waals surface area contributed by atoms with Crippen molar-refractivity contribution in [1.82, 2.24) is 5.32 Å². The van der Waals surface area contributed by atoms with E-state index in [0.29, 0.717) is 30.3 Å². The average Bonchev–Trinajstić information content (AvgIpc) is 3.33. The molecule has 1 aliphatic rings. The predicted octanol–water partition coefficient (Wildman–Crippen LogP) is 4.25. The van der Waals surface area contributed by atoms with Gasteiger partial charge in [0.1, 0.15) is 11.5 Å². The minimum Gasteiger partial charge on any atom is -0.496 e. The van der Waals surface area contributed by atoms with Gasteiger partial charge in [-0.25, -0.2) is 0 Å². The molecule has 8 nitrogen and oxygen atoms in total. The summed E-state index contributed by atoms with van der Waals surface area (Å²) in [6, 6.07) is 20.4. The van der Waals surface area contributed by atoms with Gasteiger partial charge in [-0.1, -0.05) is 43.3 Å². The zero-order valence-corrected chi connectivity index (χ0v) is 22.0. The van der Waals surface area contributed by atoms with E-state index in [2.05, 4.69) is 10.6 Å². The largest absolute Gasteiger partial charge is 0.496 e. The van der Waals surface area contributed by atoms with E-state index in [4.69, 9.17) is 9.47 Å². The minimum atomic E-state index is -0.439. The summed E-state index contributed by atoms with van der Waals surface area (Å²) in [4.78, 5) is 39.5. The van der Waals surface area contributed by atoms with Crippen LogP contribution in [0.5, 0.6) is 11.5 Å². The van der Waals surface area contributed by atoms with E-state index in [1.807, 2.05) is 56.3 Å². The number of carbonyl (C=O) groups excluding carboxylic acids is 3. The van der Waals surface area contributed by atoms with Crippen molar-refractivity contribution in [2.75, 3.05) is 30.5 Å². The third-order valence-corrected chi connectivity index (χ3v) is 6.66. The number of nitrogens with one attached hydrogen (secondary N) is 2. The minimum absolute atomic E-state index is 0.111. The number of methoxy groups -OCH3 is 1. The Balaban J connectivity index is 1.29. The molecule has 0 radical (unpaired) electrons. The number of carbonyl (C=O) groups is 3. The van der Waals surface area contributed by atoms with E-state index in [0.717, 1.165) is 28.8 Å². The highest BCUT2D eigenvalue weighted by atomic mass is 16.5. The molecule has 0 spiro atoms. The second kappa shape index (κ2) is 12.3. The van der Waals surface area contributed by atoms with Gasteiger partial charge in [-0.15, -0.1) is 0 Å². The summed E-state index contributed by atoms with van der Waals surface area (Å²) >= 11 is 0. The molecule has 0 saturated carbocycles. The highest BCUT2D eigenvalue weighted by Gasteiger charge is 2.35. The molecule has 0 aromatic heterocycles. The van der Waals surface area contributed by atoms with Gasteiger partial charge in [0.2, 0.25) is 11.8 Å². The van der Waals surface area contributed by atoms with Crippen LogP contribution < -0.4 is 25.0 Å². The SMILES string of the molecule is CCc1cccc(C)c1NC(=O)COc1ccc(N2C[C@@H](C(=O)NCc3ccccc3OC)CC2=O)cc1. The van der Waals surface area contributed by atoms with E-state index in [1.54, 1.807) is 36.3 Å². The average molecular weight is 516 g/mol. The van der Waals surface area contributed by atoms with E-state index in [9.17, 15) is 14.4 Å². The first-order valence-corrected chi connectivity index (χ1v) is 12.7. The standard InChI is InChI=1S/C30H33N3O5/c1-4-21-10-7-8-20(2)29(21)32-27(34)19-38-25-14-12-24(13-15-25)33-18-23(16-28(33)35)30(36)31-17-22-9-5-6-11-26(22)37-3/h5-15,23H,4,16-19H2,1-3H3,(H,31,36)(H,32,34)/t23-/m0/s1. The topological polar surface area (TPSA) is 97.0 Å². The van der Waals surface area contributed by atoms with Crippen LogP contribution in [-0.4, -0.2) is 38.0 Å². The fourth-order valence-electron chi connectivity index (χ4n) is 4.56. The number of para-hydroxylation sites is 2. The fourth-order valence-corrected chi connectivity index (χ4v) is 4.56. The summed E-state index contributed by atoms with van der Waals surface area (Å²) in [5.41, 5.74) is 4.46. The van der Waals surface area contributed by atoms with Crippen molar-refractivity contribution in [2.45, 2.75) is 33.2 Å². The first-order valence-electron chi connectivity index (χ1n) is 12.7. The van der Waals surface area contributed by atoms with E-state index >= 15 is 0 Å². The quantitative estimate of drug-likeness (QED) is 0.421. The van der Waals surface area contributed by atoms with Crippen molar-refractivity contribution in [3.8, 4) is 11.5 Å². The Bertz CT molecular complexity index is 1310. The number of anilines is 2. The maximum absolute atomic E-state index is 12.7. The molecule has 3 aromatic rings. The molecule has 4 rings (SSSR count). The van der Waals surface area contributed by atoms with Crippen molar-refractivity contribution in [2.24, 2.45) is 5.92 Å². The summed E-state index contributed by atoms with van der Waals surface area (Å²) in [5.74, 6) is 0.263. The maximum Gasteiger partial charge on any atom is 0.262 e. The van der Waals surface area contributed by atoms with Crippen LogP contribution in [0.4, 0.5) is 11.4 Å². The zero-order chi connectivity index (χ0) is 27.1. The molecule has 1 fully saturated rings. The molecule has 3 aromatic carbocycles. The predicted molar refractivity (Wildman–Crippen MR) is 146 cm³/mol. The molecule has 0 bridgehead atoms. The van der Waals surface area contributed by atoms with Gasteiger partial charge in [0, 0.05) is 36.4 Å². The number of aryl methyl sites for hydroxylation is 2. The van der Waals surface area contributed by atoms with Crippen molar-refractivity contribution < 1.29 is 23.9 Å². The Labute approximate surface area is 222 Å². The molecule has 0 aliphatic carbocycles. The van der Waals surface area contributed by atoms with Gasteiger partial charge in [-0.3, -0.25) is 14.4 Å². The third kappa shape index (κ3) is 6.32. The van der Waals surface area contributed by atoms with Gasteiger partial charge in [0.05, 0.1) is 13.0 Å². The lowest BCUT2D eigenvalue weighted by molar-refractivity contribution is -0.126. The fraction of sp³-hybridized carbons (Fsp3) is 0.300. The third-order valence-electron chi connectivity index (χ3n) is 6.66. The Kier molecular flexibility index (Phi) is 8.63. The van der Waals surface area contributed by atoms with Crippen LogP contribution in [0.3, 0.4) is 0 Å². The lowest BCUT2D eigenvalue weighted by Gasteiger charge is -2.17. The first-order chi connectivity index (χ1) is 18.4. The van der Waals surface area contributed by atoms with Crippen molar-refractivity contribution in [3.63, 3.8) is 0 Å². The van der Waals surface area contributed by atoms with Crippen LogP contribution in [0.15, 0.2) is 66.7 Å². The number of nitrogens with zero attached hydrogens (tertiary/aromatic N) is 1. The Morgan fingerprint density at radius 1 is 1.00 bits per heavy atom. The van der Waals surface area contributed by atoms with Crippen molar-refractivity contribution in [3.05, 3.63) is 83.4 Å². The van der Waals surface area contributed by atoms with E-state index in [-0.39, 0.29) is 30.7 Å². The van der Waals surface area contributed by atoms with Gasteiger partial charge in [-0.2, -0.15) is 0 Å². The van der Waals surface area contributed by atoms with Gasteiger partial charge in [0.25, 0.3) is 5.91 Å². The Morgan fingerprint density at radius 2 is 1.74 bits per heavy atom. The lowest BCUT2D eigenvalue weighted by atomic mass is 10.1. The van der Waals surface area contributed by atoms with Gasteiger partial charge in [0.15, 0.2) is 6.61 Å². The van der Waals surface area contributed by atoms with Crippen LogP contribution >= 0.6 is 0 Å². The molecule has 1 atom stereocenters. The number of hydrogen-bond donors (Lipinski definition) is 2. The molecule has 1 saturated heterocycles. The van der Waals surface area contributed by atoms with Crippen LogP contribution in [0.25, 0.3) is 0 Å². The molecule has 1 heterocycles. The molecule has 3 amide bonds. The van der Waals surface area contributed by atoms with Crippen molar-refractivity contribution in [1.29, 1.82) is 0 Å². The summed E-state index contributed by atoms with van der Waals surface area (Å²) in [5, 5.41) is 5.86. The summed E-state index contributed by atoms with van der Waals surface area (Å²) < 4.78 is 11.0. The summed E-state index contributed by atoms with van der Waals surface area (Å²) in [6.07, 6.45) is 0.966. The van der Waals surface area contributed by atoms with E-state index in [1.165, 1.54) is 0 Å². The summed E-state index contributed by atoms with van der Waals surface area (Å²) in [6.45, 7) is 4.51. The summed E-state index contributed by atoms with van der Waals surface area (Å²) in [7, 11) is 1.59. The Hall–Kier alpha value is -4.33. The smallest absolute Gasteiger partial charge is 0.262 e.